The molecule has 1 atom stereocenters. The van der Waals surface area contributed by atoms with Gasteiger partial charge >= 0.3 is 0 Å². The highest BCUT2D eigenvalue weighted by atomic mass is 35.5. The van der Waals surface area contributed by atoms with Crippen molar-refractivity contribution in [1.82, 2.24) is 15.1 Å². The number of para-hydroxylation sites is 1. The van der Waals surface area contributed by atoms with Gasteiger partial charge in [-0.05, 0) is 25.6 Å². The fourth-order valence-electron chi connectivity index (χ4n) is 2.76. The van der Waals surface area contributed by atoms with Crippen LogP contribution in [0.2, 0.25) is 5.02 Å². The molecule has 134 valence electrons. The molecular weight excluding hydrogens is 384 g/mol. The summed E-state index contributed by atoms with van der Waals surface area (Å²) < 4.78 is 23.0. The van der Waals surface area contributed by atoms with E-state index in [-0.39, 0.29) is 16.3 Å². The van der Waals surface area contributed by atoms with Crippen LogP contribution in [-0.4, -0.2) is 55.3 Å². The van der Waals surface area contributed by atoms with Crippen molar-refractivity contribution in [3.05, 3.63) is 34.3 Å². The Bertz CT molecular complexity index is 900. The average molecular weight is 401 g/mol. The maximum absolute atomic E-state index is 12.8. The highest BCUT2D eigenvalue weighted by Gasteiger charge is 2.36. The van der Waals surface area contributed by atoms with Crippen LogP contribution in [0.3, 0.4) is 0 Å². The van der Waals surface area contributed by atoms with Gasteiger partial charge in [-0.25, -0.2) is 8.42 Å². The Labute approximate surface area is 155 Å². The number of carbonyl (C=O) groups is 1. The van der Waals surface area contributed by atoms with Crippen molar-refractivity contribution in [2.75, 3.05) is 24.7 Å². The summed E-state index contributed by atoms with van der Waals surface area (Å²) in [6, 6.07) is 6.95. The zero-order chi connectivity index (χ0) is 18.2. The van der Waals surface area contributed by atoms with E-state index in [1.807, 2.05) is 30.1 Å². The van der Waals surface area contributed by atoms with Gasteiger partial charge in [0, 0.05) is 12.8 Å². The third kappa shape index (κ3) is 3.84. The van der Waals surface area contributed by atoms with E-state index in [1.165, 1.54) is 0 Å². The molecule has 0 N–H and O–H groups in total. The monoisotopic (exact) mass is 400 g/mol. The van der Waals surface area contributed by atoms with E-state index in [1.54, 1.807) is 11.0 Å². The summed E-state index contributed by atoms with van der Waals surface area (Å²) in [7, 11) is -1.54. The van der Waals surface area contributed by atoms with Crippen LogP contribution in [0.15, 0.2) is 28.6 Å². The van der Waals surface area contributed by atoms with Crippen LogP contribution in [0.1, 0.15) is 11.4 Å². The predicted octanol–water partition coefficient (Wildman–Crippen LogP) is 1.83. The SMILES string of the molecule is CN(Cc1nnc(S(C)(=O)=O)s1)[C@@H]1CCN(c2ccccc2Cl)C1=O. The van der Waals surface area contributed by atoms with Crippen molar-refractivity contribution < 1.29 is 13.2 Å². The van der Waals surface area contributed by atoms with Gasteiger partial charge in [-0.1, -0.05) is 35.1 Å². The minimum absolute atomic E-state index is 0.00802. The number of hydrogen-bond acceptors (Lipinski definition) is 7. The molecule has 1 fully saturated rings. The van der Waals surface area contributed by atoms with Gasteiger partial charge < -0.3 is 4.90 Å². The number of amides is 1. The number of halogens is 1. The molecule has 1 saturated heterocycles. The molecule has 2 heterocycles. The Balaban J connectivity index is 1.71. The minimum Gasteiger partial charge on any atom is -0.310 e. The maximum Gasteiger partial charge on any atom is 0.244 e. The first-order chi connectivity index (χ1) is 11.8. The first-order valence-electron chi connectivity index (χ1n) is 7.56. The van der Waals surface area contributed by atoms with Gasteiger partial charge in [0.05, 0.1) is 23.3 Å². The fraction of sp³-hybridized carbons (Fsp3) is 0.400. The number of likely N-dealkylation sites (N-methyl/N-ethyl adjacent to an activating group) is 1. The van der Waals surface area contributed by atoms with Gasteiger partial charge in [-0.2, -0.15) is 0 Å². The zero-order valence-corrected chi connectivity index (χ0v) is 16.1. The third-order valence-corrected chi connectivity index (χ3v) is 6.90. The lowest BCUT2D eigenvalue weighted by Crippen LogP contribution is -2.39. The minimum atomic E-state index is -3.36. The molecule has 1 aliphatic heterocycles. The summed E-state index contributed by atoms with van der Waals surface area (Å²) in [5.74, 6) is -0.0246. The number of carbonyl (C=O) groups excluding carboxylic acids is 1. The van der Waals surface area contributed by atoms with Crippen molar-refractivity contribution in [2.24, 2.45) is 0 Å². The molecule has 1 aromatic heterocycles. The van der Waals surface area contributed by atoms with E-state index in [9.17, 15) is 13.2 Å². The molecular formula is C15H17ClN4O3S2. The molecule has 1 aromatic carbocycles. The van der Waals surface area contributed by atoms with Gasteiger partial charge in [0.2, 0.25) is 20.1 Å². The summed E-state index contributed by atoms with van der Waals surface area (Å²) in [4.78, 5) is 16.3. The molecule has 0 aliphatic carbocycles. The summed E-state index contributed by atoms with van der Waals surface area (Å²) >= 11 is 7.22. The standard InChI is InChI=1S/C15H17ClN4O3S2/c1-19(9-13-17-18-15(24-13)25(2,22)23)12-7-8-20(14(12)21)11-6-4-3-5-10(11)16/h3-6,12H,7-9H2,1-2H3/t12-/m1/s1. The topological polar surface area (TPSA) is 83.5 Å². The first-order valence-corrected chi connectivity index (χ1v) is 10.6. The second-order valence-corrected chi connectivity index (χ2v) is 9.55. The molecule has 0 saturated carbocycles. The molecule has 0 spiro atoms. The van der Waals surface area contributed by atoms with E-state index < -0.39 is 9.84 Å². The van der Waals surface area contributed by atoms with Gasteiger partial charge in [0.15, 0.2) is 0 Å². The van der Waals surface area contributed by atoms with Crippen LogP contribution in [0.5, 0.6) is 0 Å². The summed E-state index contributed by atoms with van der Waals surface area (Å²) in [5.41, 5.74) is 0.709. The van der Waals surface area contributed by atoms with Crippen molar-refractivity contribution in [3.8, 4) is 0 Å². The lowest BCUT2D eigenvalue weighted by molar-refractivity contribution is -0.121. The van der Waals surface area contributed by atoms with Crippen LogP contribution in [-0.2, 0) is 21.2 Å². The van der Waals surface area contributed by atoms with Crippen LogP contribution in [0, 0.1) is 0 Å². The number of nitrogens with zero attached hydrogens (tertiary/aromatic N) is 4. The number of sulfone groups is 1. The third-order valence-electron chi connectivity index (χ3n) is 4.00. The Morgan fingerprint density at radius 3 is 2.72 bits per heavy atom. The Morgan fingerprint density at radius 1 is 1.36 bits per heavy atom. The van der Waals surface area contributed by atoms with Crippen molar-refractivity contribution in [1.29, 1.82) is 0 Å². The van der Waals surface area contributed by atoms with Gasteiger partial charge in [-0.3, -0.25) is 9.69 Å². The normalized spacial score (nSPS) is 18.3. The summed E-state index contributed by atoms with van der Waals surface area (Å²) in [5, 5.41) is 8.72. The van der Waals surface area contributed by atoms with E-state index in [4.69, 9.17) is 11.6 Å². The number of aromatic nitrogens is 2. The molecule has 0 radical (unpaired) electrons. The summed E-state index contributed by atoms with van der Waals surface area (Å²) in [6.07, 6.45) is 1.77. The predicted molar refractivity (Wildman–Crippen MR) is 96.7 cm³/mol. The van der Waals surface area contributed by atoms with Gasteiger partial charge in [0.25, 0.3) is 0 Å². The van der Waals surface area contributed by atoms with Crippen LogP contribution in [0.4, 0.5) is 5.69 Å². The molecule has 1 amide bonds. The smallest absolute Gasteiger partial charge is 0.244 e. The van der Waals surface area contributed by atoms with Crippen molar-refractivity contribution >= 4 is 44.4 Å². The zero-order valence-electron chi connectivity index (χ0n) is 13.7. The first kappa shape index (κ1) is 18.2. The Morgan fingerprint density at radius 2 is 2.08 bits per heavy atom. The Hall–Kier alpha value is -1.55. The number of anilines is 1. The largest absolute Gasteiger partial charge is 0.310 e. The Kier molecular flexibility index (Phi) is 5.10. The highest BCUT2D eigenvalue weighted by Crippen LogP contribution is 2.30. The van der Waals surface area contributed by atoms with Crippen LogP contribution in [0.25, 0.3) is 0 Å². The second-order valence-electron chi connectivity index (χ2n) is 5.89. The maximum atomic E-state index is 12.8. The molecule has 0 bridgehead atoms. The molecule has 0 unspecified atom stereocenters. The molecule has 25 heavy (non-hydrogen) atoms. The van der Waals surface area contributed by atoms with E-state index in [0.717, 1.165) is 17.6 Å². The molecule has 10 heteroatoms. The van der Waals surface area contributed by atoms with Crippen LogP contribution >= 0.6 is 22.9 Å². The number of benzene rings is 1. The second kappa shape index (κ2) is 6.99. The molecule has 3 rings (SSSR count). The number of rotatable bonds is 5. The van der Waals surface area contributed by atoms with Crippen molar-refractivity contribution in [2.45, 2.75) is 23.3 Å². The average Bonchev–Trinajstić information content (AvgIpc) is 3.14. The van der Waals surface area contributed by atoms with Gasteiger partial charge in [0.1, 0.15) is 5.01 Å². The van der Waals surface area contributed by atoms with Crippen LogP contribution < -0.4 is 4.90 Å². The lowest BCUT2D eigenvalue weighted by Gasteiger charge is -2.23. The highest BCUT2D eigenvalue weighted by molar-refractivity contribution is 7.92. The summed E-state index contributed by atoms with van der Waals surface area (Å²) in [6.45, 7) is 0.947. The lowest BCUT2D eigenvalue weighted by atomic mass is 10.2. The van der Waals surface area contributed by atoms with E-state index >= 15 is 0 Å². The fourth-order valence-corrected chi connectivity index (χ4v) is 4.71. The van der Waals surface area contributed by atoms with Gasteiger partial charge in [-0.15, -0.1) is 10.2 Å². The van der Waals surface area contributed by atoms with E-state index in [2.05, 4.69) is 10.2 Å². The number of hydrogen-bond donors (Lipinski definition) is 0. The molecule has 1 aliphatic rings. The van der Waals surface area contributed by atoms with Crippen molar-refractivity contribution in [3.63, 3.8) is 0 Å². The quantitative estimate of drug-likeness (QED) is 0.761. The van der Waals surface area contributed by atoms with E-state index in [0.29, 0.717) is 35.2 Å². The molecule has 7 nitrogen and oxygen atoms in total. The molecule has 2 aromatic rings.